The number of anilines is 1. The minimum atomic E-state index is 0.744. The molecule has 0 N–H and O–H groups in total. The molecule has 0 saturated heterocycles. The van der Waals surface area contributed by atoms with E-state index in [9.17, 15) is 0 Å². The maximum Gasteiger partial charge on any atom is 0.0568 e. The van der Waals surface area contributed by atoms with Crippen LogP contribution in [0.25, 0.3) is 0 Å². The van der Waals surface area contributed by atoms with Crippen LogP contribution in [0.1, 0.15) is 6.92 Å². The van der Waals surface area contributed by atoms with Crippen molar-refractivity contribution < 1.29 is 0 Å². The monoisotopic (exact) mass is 283 g/mol. The number of halogens is 2. The van der Waals surface area contributed by atoms with E-state index in [0.29, 0.717) is 0 Å². The highest BCUT2D eigenvalue weighted by molar-refractivity contribution is 9.10. The maximum atomic E-state index is 6.06. The van der Waals surface area contributed by atoms with Gasteiger partial charge in [-0.1, -0.05) is 23.3 Å². The average Bonchev–Trinajstić information content (AvgIpc) is 2.22. The third kappa shape index (κ3) is 2.44. The Hall–Kier alpha value is -0.730. The second kappa shape index (κ2) is 4.42. The summed E-state index contributed by atoms with van der Waals surface area (Å²) in [5.74, 6) is 0. The van der Waals surface area contributed by atoms with Gasteiger partial charge in [0.15, 0.2) is 0 Å². The summed E-state index contributed by atoms with van der Waals surface area (Å²) in [5, 5.41) is 0.744. The molecule has 15 heavy (non-hydrogen) atoms. The highest BCUT2D eigenvalue weighted by Crippen LogP contribution is 2.28. The molecule has 0 spiro atoms. The Morgan fingerprint density at radius 3 is 2.87 bits per heavy atom. The lowest BCUT2D eigenvalue weighted by molar-refractivity contribution is 1.01. The first kappa shape index (κ1) is 10.8. The van der Waals surface area contributed by atoms with Gasteiger partial charge in [0, 0.05) is 22.9 Å². The smallest absolute Gasteiger partial charge is 0.0568 e. The molecule has 1 aromatic carbocycles. The zero-order valence-corrected chi connectivity index (χ0v) is 10.7. The van der Waals surface area contributed by atoms with Crippen molar-refractivity contribution in [2.24, 2.45) is 0 Å². The fraction of sp³-hybridized carbons (Fsp3) is 0.167. The van der Waals surface area contributed by atoms with Crippen molar-refractivity contribution in [1.82, 2.24) is 0 Å². The quantitative estimate of drug-likeness (QED) is 0.739. The first-order valence-corrected chi connectivity index (χ1v) is 5.89. The summed E-state index contributed by atoms with van der Waals surface area (Å²) >= 11 is 9.44. The van der Waals surface area contributed by atoms with Gasteiger partial charge in [-0.3, -0.25) is 0 Å². The molecule has 78 valence electrons. The normalized spacial score (nSPS) is 15.4. The first-order valence-electron chi connectivity index (χ1n) is 4.72. The van der Waals surface area contributed by atoms with E-state index in [2.05, 4.69) is 52.2 Å². The molecule has 0 aromatic heterocycles. The zero-order chi connectivity index (χ0) is 10.8. The molecule has 0 fully saturated rings. The lowest BCUT2D eigenvalue weighted by Crippen LogP contribution is -2.20. The molecule has 0 aliphatic carbocycles. The highest BCUT2D eigenvalue weighted by Gasteiger charge is 2.08. The predicted molar refractivity (Wildman–Crippen MR) is 69.4 cm³/mol. The Morgan fingerprint density at radius 1 is 1.40 bits per heavy atom. The van der Waals surface area contributed by atoms with Gasteiger partial charge in [-0.25, -0.2) is 0 Å². The largest absolute Gasteiger partial charge is 0.344 e. The number of hydrogen-bond acceptors (Lipinski definition) is 1. The highest BCUT2D eigenvalue weighted by atomic mass is 79.9. The number of hydrogen-bond donors (Lipinski definition) is 0. The third-order valence-corrected chi connectivity index (χ3v) is 3.53. The zero-order valence-electron chi connectivity index (χ0n) is 8.37. The fourth-order valence-corrected chi connectivity index (χ4v) is 1.95. The van der Waals surface area contributed by atoms with Gasteiger partial charge in [0.1, 0.15) is 0 Å². The van der Waals surface area contributed by atoms with Crippen molar-refractivity contribution in [2.75, 3.05) is 11.4 Å². The van der Waals surface area contributed by atoms with Crippen LogP contribution in [0.4, 0.5) is 5.69 Å². The van der Waals surface area contributed by atoms with Crippen molar-refractivity contribution in [1.29, 1.82) is 0 Å². The summed E-state index contributed by atoms with van der Waals surface area (Å²) in [6, 6.07) is 5.99. The Kier molecular flexibility index (Phi) is 3.17. The molecule has 0 amide bonds. The molecular formula is C12H11BrClN. The van der Waals surface area contributed by atoms with E-state index in [1.807, 2.05) is 12.1 Å². The lowest BCUT2D eigenvalue weighted by atomic mass is 10.2. The van der Waals surface area contributed by atoms with Gasteiger partial charge < -0.3 is 4.90 Å². The molecular weight excluding hydrogens is 273 g/mol. The molecule has 3 heteroatoms. The molecule has 2 rings (SSSR count). The molecule has 0 unspecified atom stereocenters. The minimum Gasteiger partial charge on any atom is -0.344 e. The second-order valence-electron chi connectivity index (χ2n) is 3.58. The van der Waals surface area contributed by atoms with Crippen molar-refractivity contribution in [3.05, 3.63) is 51.6 Å². The number of nitrogens with zero attached hydrogens (tertiary/aromatic N) is 1. The maximum absolute atomic E-state index is 6.06. The second-order valence-corrected chi connectivity index (χ2v) is 4.84. The van der Waals surface area contributed by atoms with Crippen LogP contribution in [-0.2, 0) is 0 Å². The number of benzene rings is 1. The molecule has 0 radical (unpaired) electrons. The van der Waals surface area contributed by atoms with Crippen LogP contribution >= 0.6 is 27.5 Å². The van der Waals surface area contributed by atoms with Crippen LogP contribution in [-0.4, -0.2) is 6.54 Å². The van der Waals surface area contributed by atoms with E-state index in [1.54, 1.807) is 0 Å². The van der Waals surface area contributed by atoms with E-state index in [-0.39, 0.29) is 0 Å². The predicted octanol–water partition coefficient (Wildman–Crippen LogP) is 4.38. The van der Waals surface area contributed by atoms with Crippen LogP contribution in [0.2, 0.25) is 5.02 Å². The van der Waals surface area contributed by atoms with Crippen LogP contribution in [0.3, 0.4) is 0 Å². The van der Waals surface area contributed by atoms with E-state index in [1.165, 1.54) is 5.57 Å². The fourth-order valence-electron chi connectivity index (χ4n) is 1.53. The molecule has 0 atom stereocenters. The van der Waals surface area contributed by atoms with Crippen molar-refractivity contribution in [3.63, 3.8) is 0 Å². The number of allylic oxidation sites excluding steroid dienone is 2. The molecule has 1 nitrogen and oxygen atoms in total. The van der Waals surface area contributed by atoms with E-state index in [4.69, 9.17) is 11.6 Å². The van der Waals surface area contributed by atoms with Gasteiger partial charge in [0.2, 0.25) is 0 Å². The molecule has 1 heterocycles. The third-order valence-electron chi connectivity index (χ3n) is 2.30. The van der Waals surface area contributed by atoms with E-state index < -0.39 is 0 Å². The summed E-state index contributed by atoms with van der Waals surface area (Å²) in [6.45, 7) is 3.05. The van der Waals surface area contributed by atoms with Gasteiger partial charge in [0.05, 0.1) is 5.02 Å². The van der Waals surface area contributed by atoms with Crippen LogP contribution in [0.15, 0.2) is 46.6 Å². The van der Waals surface area contributed by atoms with Crippen molar-refractivity contribution in [3.8, 4) is 0 Å². The van der Waals surface area contributed by atoms with Gasteiger partial charge in [-0.15, -0.1) is 0 Å². The van der Waals surface area contributed by atoms with Crippen LogP contribution in [0.5, 0.6) is 0 Å². The molecule has 0 bridgehead atoms. The molecule has 1 aliphatic rings. The van der Waals surface area contributed by atoms with Gasteiger partial charge >= 0.3 is 0 Å². The Bertz CT molecular complexity index is 437. The van der Waals surface area contributed by atoms with Gasteiger partial charge in [-0.05, 0) is 47.1 Å². The van der Waals surface area contributed by atoms with Crippen molar-refractivity contribution in [2.45, 2.75) is 6.92 Å². The van der Waals surface area contributed by atoms with Crippen LogP contribution < -0.4 is 4.90 Å². The summed E-state index contributed by atoms with van der Waals surface area (Å²) in [7, 11) is 0. The minimum absolute atomic E-state index is 0.744. The average molecular weight is 285 g/mol. The van der Waals surface area contributed by atoms with Crippen molar-refractivity contribution >= 4 is 33.2 Å². The lowest BCUT2D eigenvalue weighted by Gasteiger charge is -2.23. The summed E-state index contributed by atoms with van der Waals surface area (Å²) in [5.41, 5.74) is 2.46. The Balaban J connectivity index is 2.27. The first-order chi connectivity index (χ1) is 7.16. The Morgan fingerprint density at radius 2 is 2.20 bits per heavy atom. The summed E-state index contributed by atoms with van der Waals surface area (Å²) < 4.78 is 0.932. The SMILES string of the molecule is CC1=CC=CN(c2ccc(Br)c(Cl)c2)C1. The summed E-state index contributed by atoms with van der Waals surface area (Å²) in [4.78, 5) is 2.17. The number of rotatable bonds is 1. The molecule has 0 saturated carbocycles. The summed E-state index contributed by atoms with van der Waals surface area (Å²) in [6.07, 6.45) is 6.23. The topological polar surface area (TPSA) is 3.24 Å². The standard InChI is InChI=1S/C12H11BrClN/c1-9-3-2-6-15(8-9)10-4-5-11(13)12(14)7-10/h2-7H,8H2,1H3. The van der Waals surface area contributed by atoms with Gasteiger partial charge in [-0.2, -0.15) is 0 Å². The van der Waals surface area contributed by atoms with Gasteiger partial charge in [0.25, 0.3) is 0 Å². The van der Waals surface area contributed by atoms with E-state index >= 15 is 0 Å². The van der Waals surface area contributed by atoms with Crippen LogP contribution in [0, 0.1) is 0 Å². The molecule has 1 aliphatic heterocycles. The van der Waals surface area contributed by atoms with E-state index in [0.717, 1.165) is 21.7 Å². The Labute approximate surface area is 103 Å². The molecule has 1 aromatic rings.